The standard InChI is InChI=1S/C17H17N5O/c1-12-10-22(11-13(2)23-12)16-5-3-15(4-6-16)21-17(9-20)14(7-18)8-19/h3-6,12-13,21H,10-11H2,1-2H3. The summed E-state index contributed by atoms with van der Waals surface area (Å²) in [5.41, 5.74) is 1.45. The van der Waals surface area contributed by atoms with Crippen molar-refractivity contribution in [2.24, 2.45) is 0 Å². The molecular weight excluding hydrogens is 290 g/mol. The van der Waals surface area contributed by atoms with Crippen LogP contribution in [0, 0.1) is 34.0 Å². The van der Waals surface area contributed by atoms with Gasteiger partial charge >= 0.3 is 0 Å². The number of nitrogens with zero attached hydrogens (tertiary/aromatic N) is 4. The Morgan fingerprint density at radius 3 is 2.09 bits per heavy atom. The molecule has 1 aromatic rings. The van der Waals surface area contributed by atoms with Crippen molar-refractivity contribution in [3.8, 4) is 18.2 Å². The van der Waals surface area contributed by atoms with Crippen LogP contribution in [0.2, 0.25) is 0 Å². The van der Waals surface area contributed by atoms with E-state index in [4.69, 9.17) is 20.5 Å². The van der Waals surface area contributed by atoms with E-state index in [2.05, 4.69) is 10.2 Å². The molecule has 0 aromatic heterocycles. The second-order valence-corrected chi connectivity index (χ2v) is 5.42. The van der Waals surface area contributed by atoms with Crippen molar-refractivity contribution in [2.75, 3.05) is 23.3 Å². The van der Waals surface area contributed by atoms with Gasteiger partial charge in [-0.05, 0) is 38.1 Å². The van der Waals surface area contributed by atoms with Crippen LogP contribution in [0.4, 0.5) is 11.4 Å². The van der Waals surface area contributed by atoms with Crippen molar-refractivity contribution >= 4 is 11.4 Å². The summed E-state index contributed by atoms with van der Waals surface area (Å²) in [6, 6.07) is 12.8. The first kappa shape index (κ1) is 16.4. The van der Waals surface area contributed by atoms with Crippen LogP contribution in [0.1, 0.15) is 13.8 Å². The number of nitriles is 3. The van der Waals surface area contributed by atoms with Gasteiger partial charge in [-0.15, -0.1) is 0 Å². The predicted molar refractivity (Wildman–Crippen MR) is 86.2 cm³/mol. The Morgan fingerprint density at radius 1 is 1.04 bits per heavy atom. The van der Waals surface area contributed by atoms with Crippen LogP contribution in [0.25, 0.3) is 0 Å². The molecule has 1 fully saturated rings. The van der Waals surface area contributed by atoms with Gasteiger partial charge in [0.05, 0.1) is 12.2 Å². The van der Waals surface area contributed by atoms with Gasteiger partial charge in [0.2, 0.25) is 0 Å². The van der Waals surface area contributed by atoms with E-state index in [-0.39, 0.29) is 23.5 Å². The van der Waals surface area contributed by atoms with Crippen LogP contribution in [0.15, 0.2) is 35.5 Å². The highest BCUT2D eigenvalue weighted by molar-refractivity contribution is 5.61. The summed E-state index contributed by atoms with van der Waals surface area (Å²) in [4.78, 5) is 2.25. The Hall–Kier alpha value is -3.01. The van der Waals surface area contributed by atoms with Gasteiger partial charge in [-0.2, -0.15) is 15.8 Å². The minimum absolute atomic E-state index is 0.0450. The van der Waals surface area contributed by atoms with Gasteiger partial charge in [0.1, 0.15) is 23.9 Å². The Morgan fingerprint density at radius 2 is 1.61 bits per heavy atom. The molecule has 0 saturated carbocycles. The van der Waals surface area contributed by atoms with E-state index >= 15 is 0 Å². The van der Waals surface area contributed by atoms with Gasteiger partial charge in [-0.3, -0.25) is 0 Å². The Bertz CT molecular complexity index is 691. The molecule has 0 radical (unpaired) electrons. The molecule has 0 bridgehead atoms. The SMILES string of the molecule is CC1CN(c2ccc(NC(C#N)=C(C#N)C#N)cc2)CC(C)O1. The lowest BCUT2D eigenvalue weighted by Crippen LogP contribution is -2.45. The fourth-order valence-corrected chi connectivity index (χ4v) is 2.57. The molecule has 0 spiro atoms. The van der Waals surface area contributed by atoms with Crippen LogP contribution < -0.4 is 10.2 Å². The normalized spacial score (nSPS) is 19.9. The molecule has 0 amide bonds. The minimum atomic E-state index is -0.229. The number of anilines is 2. The Balaban J connectivity index is 2.15. The fourth-order valence-electron chi connectivity index (χ4n) is 2.57. The lowest BCUT2D eigenvalue weighted by molar-refractivity contribution is -0.00521. The third-order valence-corrected chi connectivity index (χ3v) is 3.51. The molecule has 1 aromatic carbocycles. The number of rotatable bonds is 3. The summed E-state index contributed by atoms with van der Waals surface area (Å²) < 4.78 is 5.72. The van der Waals surface area contributed by atoms with Crippen molar-refractivity contribution in [3.05, 3.63) is 35.5 Å². The molecule has 1 aliphatic rings. The van der Waals surface area contributed by atoms with Crippen molar-refractivity contribution in [2.45, 2.75) is 26.1 Å². The molecule has 6 nitrogen and oxygen atoms in total. The van der Waals surface area contributed by atoms with Gasteiger partial charge in [0.25, 0.3) is 0 Å². The minimum Gasteiger partial charge on any atom is -0.372 e. The molecule has 1 heterocycles. The van der Waals surface area contributed by atoms with Gasteiger partial charge in [-0.1, -0.05) is 0 Å². The number of hydrogen-bond donors (Lipinski definition) is 1. The first-order chi connectivity index (χ1) is 11.1. The molecule has 6 heteroatoms. The van der Waals surface area contributed by atoms with Crippen LogP contribution >= 0.6 is 0 Å². The molecule has 1 aliphatic heterocycles. The molecular formula is C17H17N5O. The molecule has 2 atom stereocenters. The van der Waals surface area contributed by atoms with Crippen LogP contribution in [0.5, 0.6) is 0 Å². The summed E-state index contributed by atoms with van der Waals surface area (Å²) >= 11 is 0. The zero-order chi connectivity index (χ0) is 16.8. The largest absolute Gasteiger partial charge is 0.372 e. The third kappa shape index (κ3) is 4.01. The van der Waals surface area contributed by atoms with E-state index in [1.807, 2.05) is 44.2 Å². The van der Waals surface area contributed by atoms with E-state index in [9.17, 15) is 0 Å². The molecule has 116 valence electrons. The average Bonchev–Trinajstić information content (AvgIpc) is 2.54. The Labute approximate surface area is 135 Å². The molecule has 2 rings (SSSR count). The van der Waals surface area contributed by atoms with Crippen molar-refractivity contribution in [1.29, 1.82) is 15.8 Å². The summed E-state index contributed by atoms with van der Waals surface area (Å²) in [6.07, 6.45) is 0.358. The summed E-state index contributed by atoms with van der Waals surface area (Å²) in [7, 11) is 0. The van der Waals surface area contributed by atoms with Gasteiger partial charge in [0.15, 0.2) is 5.57 Å². The van der Waals surface area contributed by atoms with Crippen molar-refractivity contribution < 1.29 is 4.74 Å². The highest BCUT2D eigenvalue weighted by Gasteiger charge is 2.22. The maximum atomic E-state index is 9.04. The lowest BCUT2D eigenvalue weighted by Gasteiger charge is -2.36. The first-order valence-corrected chi connectivity index (χ1v) is 7.29. The quantitative estimate of drug-likeness (QED) is 0.862. The first-order valence-electron chi connectivity index (χ1n) is 7.29. The Kier molecular flexibility index (Phi) is 5.20. The second-order valence-electron chi connectivity index (χ2n) is 5.42. The van der Waals surface area contributed by atoms with E-state index in [0.29, 0.717) is 5.69 Å². The summed E-state index contributed by atoms with van der Waals surface area (Å²) in [5, 5.41) is 29.5. The lowest BCUT2D eigenvalue weighted by atomic mass is 10.2. The molecule has 23 heavy (non-hydrogen) atoms. The summed E-state index contributed by atoms with van der Waals surface area (Å²) in [6.45, 7) is 5.75. The predicted octanol–water partition coefficient (Wildman–Crippen LogP) is 2.54. The van der Waals surface area contributed by atoms with E-state index in [0.717, 1.165) is 18.8 Å². The monoisotopic (exact) mass is 307 g/mol. The maximum Gasteiger partial charge on any atom is 0.163 e. The van der Waals surface area contributed by atoms with E-state index in [1.54, 1.807) is 12.1 Å². The maximum absolute atomic E-state index is 9.04. The third-order valence-electron chi connectivity index (χ3n) is 3.51. The fraction of sp³-hybridized carbons (Fsp3) is 0.353. The van der Waals surface area contributed by atoms with Gasteiger partial charge in [0, 0.05) is 24.5 Å². The highest BCUT2D eigenvalue weighted by atomic mass is 16.5. The van der Waals surface area contributed by atoms with Crippen LogP contribution in [-0.2, 0) is 4.74 Å². The molecule has 2 unspecified atom stereocenters. The number of morpholine rings is 1. The topological polar surface area (TPSA) is 95.9 Å². The number of hydrogen-bond acceptors (Lipinski definition) is 6. The van der Waals surface area contributed by atoms with Crippen molar-refractivity contribution in [3.63, 3.8) is 0 Å². The smallest absolute Gasteiger partial charge is 0.163 e. The molecule has 0 aliphatic carbocycles. The van der Waals surface area contributed by atoms with Gasteiger partial charge in [-0.25, -0.2) is 0 Å². The van der Waals surface area contributed by atoms with Crippen LogP contribution in [0.3, 0.4) is 0 Å². The number of nitrogens with one attached hydrogen (secondary N) is 1. The highest BCUT2D eigenvalue weighted by Crippen LogP contribution is 2.23. The zero-order valence-corrected chi connectivity index (χ0v) is 13.1. The average molecular weight is 307 g/mol. The zero-order valence-electron chi connectivity index (χ0n) is 13.1. The molecule has 1 N–H and O–H groups in total. The van der Waals surface area contributed by atoms with Gasteiger partial charge < -0.3 is 15.0 Å². The van der Waals surface area contributed by atoms with E-state index in [1.165, 1.54) is 0 Å². The van der Waals surface area contributed by atoms with E-state index < -0.39 is 0 Å². The molecule has 1 saturated heterocycles. The summed E-state index contributed by atoms with van der Waals surface area (Å²) in [5.74, 6) is 0. The number of allylic oxidation sites excluding steroid dienone is 2. The number of ether oxygens (including phenoxy) is 1. The van der Waals surface area contributed by atoms with Crippen molar-refractivity contribution in [1.82, 2.24) is 0 Å². The second kappa shape index (κ2) is 7.31. The van der Waals surface area contributed by atoms with Crippen LogP contribution in [-0.4, -0.2) is 25.3 Å². The number of benzene rings is 1.